The van der Waals surface area contributed by atoms with Crippen molar-refractivity contribution in [1.29, 1.82) is 0 Å². The van der Waals surface area contributed by atoms with Gasteiger partial charge in [0.25, 0.3) is 0 Å². The molecule has 3 nitrogen and oxygen atoms in total. The van der Waals surface area contributed by atoms with Gasteiger partial charge >= 0.3 is 0 Å². The van der Waals surface area contributed by atoms with Crippen molar-refractivity contribution in [1.82, 2.24) is 0 Å². The molecule has 0 aromatic heterocycles. The largest absolute Gasteiger partial charge is 0.497 e. The number of methoxy groups -OCH3 is 1. The monoisotopic (exact) mass is 234 g/mol. The minimum Gasteiger partial charge on any atom is -0.497 e. The fourth-order valence-corrected chi connectivity index (χ4v) is 1.91. The summed E-state index contributed by atoms with van der Waals surface area (Å²) in [6, 6.07) is 5.37. The molecular formula is C14H18O3. The number of carbonyl (C=O) groups excluding carboxylic acids is 1. The number of ketones is 1. The van der Waals surface area contributed by atoms with E-state index in [4.69, 9.17) is 9.47 Å². The van der Waals surface area contributed by atoms with Gasteiger partial charge in [-0.1, -0.05) is 20.8 Å². The van der Waals surface area contributed by atoms with Crippen LogP contribution in [0.5, 0.6) is 11.5 Å². The molecular weight excluding hydrogens is 216 g/mol. The minimum absolute atomic E-state index is 0.0344. The third kappa shape index (κ3) is 2.28. The van der Waals surface area contributed by atoms with E-state index in [2.05, 4.69) is 20.8 Å². The van der Waals surface area contributed by atoms with Gasteiger partial charge in [-0.15, -0.1) is 0 Å². The fraction of sp³-hybridized carbons (Fsp3) is 0.500. The van der Waals surface area contributed by atoms with E-state index in [-0.39, 0.29) is 17.3 Å². The van der Waals surface area contributed by atoms with Crippen molar-refractivity contribution in [2.75, 3.05) is 7.11 Å². The third-order valence-electron chi connectivity index (χ3n) is 3.09. The summed E-state index contributed by atoms with van der Waals surface area (Å²) in [4.78, 5) is 12.1. The summed E-state index contributed by atoms with van der Waals surface area (Å²) in [6.45, 7) is 6.25. The van der Waals surface area contributed by atoms with Crippen LogP contribution < -0.4 is 9.47 Å². The van der Waals surface area contributed by atoms with E-state index < -0.39 is 0 Å². The first kappa shape index (κ1) is 12.0. The zero-order valence-electron chi connectivity index (χ0n) is 10.7. The topological polar surface area (TPSA) is 35.5 Å². The summed E-state index contributed by atoms with van der Waals surface area (Å²) in [7, 11) is 1.59. The molecule has 0 saturated carbocycles. The highest BCUT2D eigenvalue weighted by atomic mass is 16.5. The van der Waals surface area contributed by atoms with Gasteiger partial charge < -0.3 is 9.47 Å². The van der Waals surface area contributed by atoms with Crippen molar-refractivity contribution in [3.8, 4) is 11.5 Å². The highest BCUT2D eigenvalue weighted by Crippen LogP contribution is 2.36. The standard InChI is InChI=1S/C14H18O3/c1-14(2,3)13-8-11(15)10-7-9(16-4)5-6-12(10)17-13/h5-7,13H,8H2,1-4H3. The van der Waals surface area contributed by atoms with Crippen LogP contribution in [0.2, 0.25) is 0 Å². The van der Waals surface area contributed by atoms with Gasteiger partial charge in [-0.2, -0.15) is 0 Å². The highest BCUT2D eigenvalue weighted by Gasteiger charge is 2.34. The molecule has 1 aliphatic rings. The number of Topliss-reactive ketones (excluding diaryl/α,β-unsaturated/α-hetero) is 1. The molecule has 17 heavy (non-hydrogen) atoms. The van der Waals surface area contributed by atoms with Crippen molar-refractivity contribution in [2.24, 2.45) is 5.41 Å². The Balaban J connectivity index is 2.35. The first-order valence-electron chi connectivity index (χ1n) is 5.79. The molecule has 0 bridgehead atoms. The van der Waals surface area contributed by atoms with Gasteiger partial charge in [0, 0.05) is 6.42 Å². The predicted molar refractivity (Wildman–Crippen MR) is 65.8 cm³/mol. The Morgan fingerprint density at radius 2 is 2.06 bits per heavy atom. The molecule has 0 spiro atoms. The van der Waals surface area contributed by atoms with Crippen LogP contribution in [0.15, 0.2) is 18.2 Å². The van der Waals surface area contributed by atoms with Crippen LogP contribution in [0.1, 0.15) is 37.6 Å². The van der Waals surface area contributed by atoms with E-state index in [1.807, 2.05) is 12.1 Å². The van der Waals surface area contributed by atoms with Gasteiger partial charge in [-0.05, 0) is 23.6 Å². The van der Waals surface area contributed by atoms with Crippen molar-refractivity contribution >= 4 is 5.78 Å². The number of hydrogen-bond acceptors (Lipinski definition) is 3. The summed E-state index contributed by atoms with van der Waals surface area (Å²) >= 11 is 0. The van der Waals surface area contributed by atoms with E-state index in [1.54, 1.807) is 13.2 Å². The molecule has 2 rings (SSSR count). The number of carbonyl (C=O) groups is 1. The van der Waals surface area contributed by atoms with Crippen LogP contribution in [-0.2, 0) is 0 Å². The Kier molecular flexibility index (Phi) is 2.86. The second-order valence-electron chi connectivity index (χ2n) is 5.46. The second kappa shape index (κ2) is 4.06. The molecule has 0 radical (unpaired) electrons. The maximum absolute atomic E-state index is 12.1. The maximum atomic E-state index is 12.1. The smallest absolute Gasteiger partial charge is 0.170 e. The minimum atomic E-state index is -0.0594. The van der Waals surface area contributed by atoms with Crippen LogP contribution in [-0.4, -0.2) is 19.0 Å². The zero-order valence-corrected chi connectivity index (χ0v) is 10.7. The van der Waals surface area contributed by atoms with E-state index in [0.29, 0.717) is 23.5 Å². The van der Waals surface area contributed by atoms with Crippen LogP contribution in [0.3, 0.4) is 0 Å². The maximum Gasteiger partial charge on any atom is 0.170 e. The Morgan fingerprint density at radius 1 is 1.35 bits per heavy atom. The number of hydrogen-bond donors (Lipinski definition) is 0. The molecule has 1 unspecified atom stereocenters. The number of benzene rings is 1. The van der Waals surface area contributed by atoms with Crippen molar-refractivity contribution in [3.63, 3.8) is 0 Å². The summed E-state index contributed by atoms with van der Waals surface area (Å²) in [5.74, 6) is 1.49. The van der Waals surface area contributed by atoms with Crippen LogP contribution in [0.4, 0.5) is 0 Å². The van der Waals surface area contributed by atoms with E-state index in [9.17, 15) is 4.79 Å². The normalized spacial score (nSPS) is 19.5. The molecule has 3 heteroatoms. The molecule has 0 fully saturated rings. The molecule has 1 atom stereocenters. The molecule has 0 N–H and O–H groups in total. The third-order valence-corrected chi connectivity index (χ3v) is 3.09. The molecule has 1 aromatic carbocycles. The van der Waals surface area contributed by atoms with Crippen LogP contribution in [0, 0.1) is 5.41 Å². The van der Waals surface area contributed by atoms with Gasteiger partial charge in [-0.25, -0.2) is 0 Å². The van der Waals surface area contributed by atoms with E-state index in [1.165, 1.54) is 0 Å². The average molecular weight is 234 g/mol. The predicted octanol–water partition coefficient (Wildman–Crippen LogP) is 3.08. The molecule has 1 aromatic rings. The summed E-state index contributed by atoms with van der Waals surface area (Å²) in [6.07, 6.45) is 0.375. The Labute approximate surface area is 102 Å². The van der Waals surface area contributed by atoms with Gasteiger partial charge in [-0.3, -0.25) is 4.79 Å². The van der Waals surface area contributed by atoms with Crippen LogP contribution >= 0.6 is 0 Å². The first-order chi connectivity index (χ1) is 7.91. The lowest BCUT2D eigenvalue weighted by molar-refractivity contribution is 0.0543. The summed E-state index contributed by atoms with van der Waals surface area (Å²) in [5, 5.41) is 0. The molecule has 1 aliphatic heterocycles. The lowest BCUT2D eigenvalue weighted by atomic mass is 9.83. The average Bonchev–Trinajstić information content (AvgIpc) is 2.27. The highest BCUT2D eigenvalue weighted by molar-refractivity contribution is 6.00. The van der Waals surface area contributed by atoms with Gasteiger partial charge in [0.15, 0.2) is 5.78 Å². The van der Waals surface area contributed by atoms with Crippen LogP contribution in [0.25, 0.3) is 0 Å². The van der Waals surface area contributed by atoms with Gasteiger partial charge in [0.2, 0.25) is 0 Å². The molecule has 1 heterocycles. The Bertz CT molecular complexity index is 443. The van der Waals surface area contributed by atoms with Crippen molar-refractivity contribution in [2.45, 2.75) is 33.3 Å². The molecule has 92 valence electrons. The Morgan fingerprint density at radius 3 is 2.65 bits per heavy atom. The lowest BCUT2D eigenvalue weighted by Gasteiger charge is -2.34. The quantitative estimate of drug-likeness (QED) is 0.749. The lowest BCUT2D eigenvalue weighted by Crippen LogP contribution is -2.37. The zero-order chi connectivity index (χ0) is 12.6. The van der Waals surface area contributed by atoms with Crippen molar-refractivity contribution < 1.29 is 14.3 Å². The number of fused-ring (bicyclic) bond motifs is 1. The second-order valence-corrected chi connectivity index (χ2v) is 5.46. The van der Waals surface area contributed by atoms with Gasteiger partial charge in [0.05, 0.1) is 12.7 Å². The van der Waals surface area contributed by atoms with Crippen molar-refractivity contribution in [3.05, 3.63) is 23.8 Å². The van der Waals surface area contributed by atoms with Gasteiger partial charge in [0.1, 0.15) is 17.6 Å². The first-order valence-corrected chi connectivity index (χ1v) is 5.79. The SMILES string of the molecule is COc1ccc2c(c1)C(=O)CC(C(C)(C)C)O2. The number of rotatable bonds is 1. The van der Waals surface area contributed by atoms with E-state index in [0.717, 1.165) is 0 Å². The molecule has 0 saturated heterocycles. The number of ether oxygens (including phenoxy) is 2. The fourth-order valence-electron chi connectivity index (χ4n) is 1.91. The molecule has 0 aliphatic carbocycles. The molecule has 0 amide bonds. The summed E-state index contributed by atoms with van der Waals surface area (Å²) < 4.78 is 11.0. The Hall–Kier alpha value is -1.51. The summed E-state index contributed by atoms with van der Waals surface area (Å²) in [5.41, 5.74) is 0.595. The van der Waals surface area contributed by atoms with E-state index >= 15 is 0 Å².